The van der Waals surface area contributed by atoms with Crippen molar-refractivity contribution in [1.82, 2.24) is 0 Å². The number of fused-ring (bicyclic) bond motifs is 3. The Morgan fingerprint density at radius 2 is 1.96 bits per heavy atom. The molecule has 0 amide bonds. The number of benzene rings is 2. The fourth-order valence-electron chi connectivity index (χ4n) is 4.08. The minimum atomic E-state index is -2.01. The summed E-state index contributed by atoms with van der Waals surface area (Å²) in [7, 11) is 0. The fourth-order valence-corrected chi connectivity index (χ4v) is 4.49. The Morgan fingerprint density at radius 1 is 1.22 bits per heavy atom. The van der Waals surface area contributed by atoms with E-state index in [1.165, 1.54) is 0 Å². The number of carbonyl (C=O) groups excluding carboxylic acids is 1. The van der Waals surface area contributed by atoms with Gasteiger partial charge in [0.05, 0.1) is 17.0 Å². The van der Waals surface area contributed by atoms with Crippen LogP contribution >= 0.6 is 0 Å². The van der Waals surface area contributed by atoms with E-state index in [4.69, 9.17) is 4.74 Å². The van der Waals surface area contributed by atoms with Crippen LogP contribution in [0.25, 0.3) is 0 Å². The Kier molecular flexibility index (Phi) is 4.88. The first-order valence-corrected chi connectivity index (χ1v) is 10.3. The van der Waals surface area contributed by atoms with Crippen molar-refractivity contribution in [2.24, 2.45) is 11.8 Å². The zero-order valence-corrected chi connectivity index (χ0v) is 16.2. The quantitative estimate of drug-likeness (QED) is 0.604. The molecule has 0 saturated carbocycles. The van der Waals surface area contributed by atoms with Crippen LogP contribution in [0, 0.1) is 11.8 Å². The second-order valence-corrected chi connectivity index (χ2v) is 8.47. The zero-order chi connectivity index (χ0) is 19.1. The summed E-state index contributed by atoms with van der Waals surface area (Å²) in [5, 5.41) is 3.58. The van der Waals surface area contributed by atoms with Crippen LogP contribution in [0.1, 0.15) is 53.9 Å². The molecular weight excluding hydrogens is 362 g/mol. The second-order valence-electron chi connectivity index (χ2n) is 7.51. The first-order valence-electron chi connectivity index (χ1n) is 9.23. The molecule has 1 saturated heterocycles. The maximum absolute atomic E-state index is 12.2. The third kappa shape index (κ3) is 3.33. The van der Waals surface area contributed by atoms with Crippen LogP contribution in [0.5, 0.6) is 0 Å². The predicted octanol–water partition coefficient (Wildman–Crippen LogP) is 4.35. The lowest BCUT2D eigenvalue weighted by molar-refractivity contribution is 0.0827. The third-order valence-electron chi connectivity index (χ3n) is 5.49. The molecule has 0 radical (unpaired) electrons. The highest BCUT2D eigenvalue weighted by atomic mass is 32.2. The van der Waals surface area contributed by atoms with Crippen molar-refractivity contribution in [1.29, 1.82) is 0 Å². The monoisotopic (exact) mass is 385 g/mol. The van der Waals surface area contributed by atoms with Crippen LogP contribution in [0.2, 0.25) is 0 Å². The minimum Gasteiger partial charge on any atom is -0.378 e. The molecule has 2 aliphatic heterocycles. The summed E-state index contributed by atoms with van der Waals surface area (Å²) in [6.45, 7) is 4.48. The summed E-state index contributed by atoms with van der Waals surface area (Å²) >= 11 is -2.01. The molecule has 0 aromatic heterocycles. The molecule has 4 unspecified atom stereocenters. The van der Waals surface area contributed by atoms with Crippen molar-refractivity contribution in [3.05, 3.63) is 59.2 Å². The number of ether oxygens (including phenoxy) is 1. The van der Waals surface area contributed by atoms with Gasteiger partial charge in [-0.05, 0) is 30.2 Å². The molecule has 142 valence electrons. The maximum Gasteiger partial charge on any atom is 0.186 e. The van der Waals surface area contributed by atoms with Crippen molar-refractivity contribution < 1.29 is 18.3 Å². The number of anilines is 1. The van der Waals surface area contributed by atoms with E-state index >= 15 is 0 Å². The van der Waals surface area contributed by atoms with Crippen LogP contribution in [-0.2, 0) is 15.8 Å². The van der Waals surface area contributed by atoms with Crippen molar-refractivity contribution in [3.8, 4) is 0 Å². The van der Waals surface area contributed by atoms with Crippen molar-refractivity contribution in [2.45, 2.75) is 37.3 Å². The minimum absolute atomic E-state index is 0.0191. The third-order valence-corrected chi connectivity index (χ3v) is 6.14. The Morgan fingerprint density at radius 3 is 2.63 bits per heavy atom. The van der Waals surface area contributed by atoms with Gasteiger partial charge in [-0.25, -0.2) is 4.21 Å². The summed E-state index contributed by atoms with van der Waals surface area (Å²) < 4.78 is 26.8. The van der Waals surface area contributed by atoms with E-state index in [1.807, 2.05) is 44.2 Å². The van der Waals surface area contributed by atoms with E-state index in [-0.39, 0.29) is 29.8 Å². The molecule has 5 nitrogen and oxygen atoms in total. The molecule has 4 rings (SSSR count). The molecule has 2 aliphatic rings. The lowest BCUT2D eigenvalue weighted by Gasteiger charge is -2.36. The van der Waals surface area contributed by atoms with Gasteiger partial charge in [-0.1, -0.05) is 38.1 Å². The van der Waals surface area contributed by atoms with Gasteiger partial charge in [-0.3, -0.25) is 4.79 Å². The Balaban J connectivity index is 1.67. The SMILES string of the molecule is CC(C)C(=O)c1ccc(C2Nc3ccc(S(=O)O)cc3C3OCCC23)cc1. The zero-order valence-electron chi connectivity index (χ0n) is 15.3. The molecular formula is C21H23NO4S. The van der Waals surface area contributed by atoms with E-state index in [0.717, 1.165) is 28.8 Å². The topological polar surface area (TPSA) is 75.6 Å². The highest BCUT2D eigenvalue weighted by Crippen LogP contribution is 2.50. The first kappa shape index (κ1) is 18.3. The smallest absolute Gasteiger partial charge is 0.186 e. The lowest BCUT2D eigenvalue weighted by Crippen LogP contribution is -2.29. The number of hydrogen-bond acceptors (Lipinski definition) is 4. The molecule has 27 heavy (non-hydrogen) atoms. The molecule has 1 fully saturated rings. The summed E-state index contributed by atoms with van der Waals surface area (Å²) in [5.74, 6) is 0.371. The lowest BCUT2D eigenvalue weighted by atomic mass is 9.81. The first-order chi connectivity index (χ1) is 13.0. The van der Waals surface area contributed by atoms with Crippen LogP contribution < -0.4 is 5.32 Å². The average Bonchev–Trinajstić information content (AvgIpc) is 3.16. The number of rotatable bonds is 4. The van der Waals surface area contributed by atoms with Crippen LogP contribution in [0.4, 0.5) is 5.69 Å². The summed E-state index contributed by atoms with van der Waals surface area (Å²) in [5.41, 5.74) is 3.73. The maximum atomic E-state index is 12.2. The number of Topliss-reactive ketones (excluding diaryl/α,β-unsaturated/α-hetero) is 1. The van der Waals surface area contributed by atoms with Gasteiger partial charge in [0.2, 0.25) is 0 Å². The van der Waals surface area contributed by atoms with Gasteiger partial charge in [0.1, 0.15) is 0 Å². The Hall–Kier alpha value is -2.02. The van der Waals surface area contributed by atoms with E-state index in [9.17, 15) is 13.6 Å². The van der Waals surface area contributed by atoms with E-state index < -0.39 is 11.1 Å². The normalized spacial score (nSPS) is 24.8. The van der Waals surface area contributed by atoms with Crippen LogP contribution in [0.3, 0.4) is 0 Å². The summed E-state index contributed by atoms with van der Waals surface area (Å²) in [6.07, 6.45) is 0.827. The van der Waals surface area contributed by atoms with Crippen molar-refractivity contribution in [2.75, 3.05) is 11.9 Å². The van der Waals surface area contributed by atoms with Crippen molar-refractivity contribution >= 4 is 22.6 Å². The van der Waals surface area contributed by atoms with E-state index in [1.54, 1.807) is 12.1 Å². The van der Waals surface area contributed by atoms with Gasteiger partial charge in [-0.15, -0.1) is 0 Å². The fraction of sp³-hybridized carbons (Fsp3) is 0.381. The van der Waals surface area contributed by atoms with Gasteiger partial charge in [0.15, 0.2) is 16.9 Å². The molecule has 2 aromatic carbocycles. The highest BCUT2D eigenvalue weighted by Gasteiger charge is 2.41. The van der Waals surface area contributed by atoms with Crippen LogP contribution in [-0.4, -0.2) is 21.2 Å². The summed E-state index contributed by atoms with van der Waals surface area (Å²) in [4.78, 5) is 12.6. The van der Waals surface area contributed by atoms with Gasteiger partial charge in [0.25, 0.3) is 0 Å². The number of carbonyl (C=O) groups is 1. The van der Waals surface area contributed by atoms with Crippen molar-refractivity contribution in [3.63, 3.8) is 0 Å². The highest BCUT2D eigenvalue weighted by molar-refractivity contribution is 7.79. The molecule has 4 atom stereocenters. The second kappa shape index (κ2) is 7.19. The number of nitrogens with one attached hydrogen (secondary N) is 1. The average molecular weight is 385 g/mol. The van der Waals surface area contributed by atoms with Gasteiger partial charge < -0.3 is 14.6 Å². The Bertz CT molecular complexity index is 894. The van der Waals surface area contributed by atoms with Gasteiger partial charge in [0, 0.05) is 35.3 Å². The Labute approximate surface area is 161 Å². The standard InChI is InChI=1S/C21H23NO4S/c1-12(2)20(23)14-5-3-13(4-6-14)19-16-9-10-26-21(16)17-11-15(27(24)25)7-8-18(17)22-19/h3-8,11-12,16,19,21-22H,9-10H2,1-2H3,(H,24,25). The molecule has 0 spiro atoms. The molecule has 2 aromatic rings. The molecule has 6 heteroatoms. The molecule has 2 N–H and O–H groups in total. The number of ketones is 1. The molecule has 2 heterocycles. The molecule has 0 aliphatic carbocycles. The largest absolute Gasteiger partial charge is 0.378 e. The van der Waals surface area contributed by atoms with Gasteiger partial charge >= 0.3 is 0 Å². The number of hydrogen-bond donors (Lipinski definition) is 2. The van der Waals surface area contributed by atoms with E-state index in [2.05, 4.69) is 5.32 Å². The molecule has 0 bridgehead atoms. The predicted molar refractivity (Wildman–Crippen MR) is 104 cm³/mol. The summed E-state index contributed by atoms with van der Waals surface area (Å²) in [6, 6.07) is 13.2. The van der Waals surface area contributed by atoms with E-state index in [0.29, 0.717) is 11.5 Å². The van der Waals surface area contributed by atoms with Gasteiger partial charge in [-0.2, -0.15) is 0 Å². The van der Waals surface area contributed by atoms with Crippen LogP contribution in [0.15, 0.2) is 47.4 Å².